The molecule has 2 heterocycles. The molecule has 118 valence electrons. The number of imidazole rings is 1. The second kappa shape index (κ2) is 5.47. The van der Waals surface area contributed by atoms with E-state index < -0.39 is 4.92 Å². The maximum Gasteiger partial charge on any atom is 0.433 e. The van der Waals surface area contributed by atoms with Gasteiger partial charge in [-0.25, -0.2) is 4.68 Å². The Bertz CT molecular complexity index is 1010. The lowest BCUT2D eigenvalue weighted by Gasteiger charge is -2.01. The van der Waals surface area contributed by atoms with Crippen LogP contribution in [-0.2, 0) is 7.05 Å². The van der Waals surface area contributed by atoms with E-state index in [0.29, 0.717) is 10.5 Å². The number of hydrogen-bond acceptors (Lipinski definition) is 5. The summed E-state index contributed by atoms with van der Waals surface area (Å²) >= 11 is 5.42. The van der Waals surface area contributed by atoms with Gasteiger partial charge in [0.2, 0.25) is 4.77 Å². The molecule has 0 N–H and O–H groups in total. The lowest BCUT2D eigenvalue weighted by atomic mass is 10.1. The van der Waals surface area contributed by atoms with Crippen molar-refractivity contribution in [3.63, 3.8) is 0 Å². The minimum atomic E-state index is -0.590. The van der Waals surface area contributed by atoms with Crippen molar-refractivity contribution in [2.45, 2.75) is 13.8 Å². The highest BCUT2D eigenvalue weighted by Gasteiger charge is 2.12. The summed E-state index contributed by atoms with van der Waals surface area (Å²) in [4.78, 5) is 10.0. The Kier molecular flexibility index (Phi) is 3.61. The van der Waals surface area contributed by atoms with E-state index in [1.165, 1.54) is 23.9 Å². The standard InChI is InChI=1S/C15H14N4O3S/c1-9-6-12-13(7-10(9)2)18(15(23)17(12)3)16-8-11-4-5-14(22-11)19(20)21/h4-8H,1-3H3. The number of nitro groups is 1. The number of aromatic nitrogens is 2. The van der Waals surface area contributed by atoms with Crippen LogP contribution in [0.5, 0.6) is 0 Å². The van der Waals surface area contributed by atoms with Gasteiger partial charge in [0, 0.05) is 7.05 Å². The van der Waals surface area contributed by atoms with Gasteiger partial charge in [-0.2, -0.15) is 5.10 Å². The molecule has 0 spiro atoms. The minimum absolute atomic E-state index is 0.291. The highest BCUT2D eigenvalue weighted by atomic mass is 32.1. The lowest BCUT2D eigenvalue weighted by Crippen LogP contribution is -1.92. The van der Waals surface area contributed by atoms with Crippen LogP contribution in [0.25, 0.3) is 11.0 Å². The number of aryl methyl sites for hydroxylation is 3. The molecular formula is C15H14N4O3S. The molecule has 0 bridgehead atoms. The van der Waals surface area contributed by atoms with Gasteiger partial charge in [-0.15, -0.1) is 0 Å². The molecule has 0 amide bonds. The fraction of sp³-hybridized carbons (Fsp3) is 0.200. The number of hydrogen-bond donors (Lipinski definition) is 0. The highest BCUT2D eigenvalue weighted by molar-refractivity contribution is 7.71. The van der Waals surface area contributed by atoms with Crippen molar-refractivity contribution in [2.75, 3.05) is 0 Å². The first kappa shape index (κ1) is 15.2. The van der Waals surface area contributed by atoms with Crippen LogP contribution in [-0.4, -0.2) is 20.4 Å². The molecule has 3 rings (SSSR count). The number of benzene rings is 1. The van der Waals surface area contributed by atoms with Crippen LogP contribution in [0.4, 0.5) is 5.88 Å². The third kappa shape index (κ3) is 2.57. The zero-order chi connectivity index (χ0) is 16.7. The van der Waals surface area contributed by atoms with Gasteiger partial charge >= 0.3 is 5.88 Å². The number of fused-ring (bicyclic) bond motifs is 1. The Morgan fingerprint density at radius 2 is 1.91 bits per heavy atom. The van der Waals surface area contributed by atoms with Crippen molar-refractivity contribution in [1.82, 2.24) is 9.24 Å². The monoisotopic (exact) mass is 330 g/mol. The summed E-state index contributed by atoms with van der Waals surface area (Å²) < 4.78 is 9.09. The SMILES string of the molecule is Cc1cc2c(cc1C)n(N=Cc1ccc([N+](=O)[O-])o1)c(=S)n2C. The Labute approximate surface area is 136 Å². The van der Waals surface area contributed by atoms with Crippen LogP contribution in [0.2, 0.25) is 0 Å². The molecule has 23 heavy (non-hydrogen) atoms. The Balaban J connectivity index is 2.10. The predicted molar refractivity (Wildman–Crippen MR) is 89.6 cm³/mol. The smallest absolute Gasteiger partial charge is 0.400 e. The maximum atomic E-state index is 10.6. The fourth-order valence-corrected chi connectivity index (χ4v) is 2.55. The van der Waals surface area contributed by atoms with Crippen molar-refractivity contribution in [3.8, 4) is 0 Å². The van der Waals surface area contributed by atoms with Crippen molar-refractivity contribution < 1.29 is 9.34 Å². The quantitative estimate of drug-likeness (QED) is 0.317. The summed E-state index contributed by atoms with van der Waals surface area (Å²) in [6.45, 7) is 4.06. The van der Waals surface area contributed by atoms with Gasteiger partial charge in [-0.3, -0.25) is 10.1 Å². The van der Waals surface area contributed by atoms with Crippen LogP contribution < -0.4 is 0 Å². The molecule has 0 atom stereocenters. The van der Waals surface area contributed by atoms with E-state index in [9.17, 15) is 10.1 Å². The summed E-state index contributed by atoms with van der Waals surface area (Å²) in [6, 6.07) is 6.86. The number of rotatable bonds is 3. The van der Waals surface area contributed by atoms with Crippen molar-refractivity contribution in [1.29, 1.82) is 0 Å². The third-order valence-corrected chi connectivity index (χ3v) is 4.19. The van der Waals surface area contributed by atoms with Gasteiger partial charge < -0.3 is 8.98 Å². The molecule has 2 aromatic heterocycles. The van der Waals surface area contributed by atoms with Crippen LogP contribution in [0.3, 0.4) is 0 Å². The lowest BCUT2D eigenvalue weighted by molar-refractivity contribution is -0.402. The Morgan fingerprint density at radius 1 is 1.26 bits per heavy atom. The summed E-state index contributed by atoms with van der Waals surface area (Å²) in [7, 11) is 1.88. The zero-order valence-corrected chi connectivity index (χ0v) is 13.6. The van der Waals surface area contributed by atoms with E-state index in [4.69, 9.17) is 16.6 Å². The molecule has 0 aliphatic carbocycles. The molecule has 0 radical (unpaired) electrons. The van der Waals surface area contributed by atoms with Crippen molar-refractivity contribution in [2.24, 2.45) is 12.1 Å². The molecular weight excluding hydrogens is 316 g/mol. The fourth-order valence-electron chi connectivity index (χ4n) is 2.31. The van der Waals surface area contributed by atoms with Crippen LogP contribution in [0, 0.1) is 28.7 Å². The van der Waals surface area contributed by atoms with E-state index in [1.54, 1.807) is 4.68 Å². The van der Waals surface area contributed by atoms with Crippen LogP contribution in [0.1, 0.15) is 16.9 Å². The Hall–Kier alpha value is -2.74. The summed E-state index contributed by atoms with van der Waals surface area (Å²) in [6.07, 6.45) is 1.41. The van der Waals surface area contributed by atoms with E-state index in [0.717, 1.165) is 16.6 Å². The molecule has 0 aliphatic heterocycles. The normalized spacial score (nSPS) is 11.6. The average molecular weight is 330 g/mol. The second-order valence-electron chi connectivity index (χ2n) is 5.26. The molecule has 0 unspecified atom stereocenters. The van der Waals surface area contributed by atoms with Crippen molar-refractivity contribution >= 4 is 35.4 Å². The number of furan rings is 1. The second-order valence-corrected chi connectivity index (χ2v) is 5.62. The first-order chi connectivity index (χ1) is 10.9. The first-order valence-corrected chi connectivity index (χ1v) is 7.26. The number of nitrogens with zero attached hydrogens (tertiary/aromatic N) is 4. The Morgan fingerprint density at radius 3 is 2.52 bits per heavy atom. The van der Waals surface area contributed by atoms with E-state index in [-0.39, 0.29) is 5.88 Å². The van der Waals surface area contributed by atoms with Crippen LogP contribution >= 0.6 is 12.2 Å². The molecule has 8 heteroatoms. The van der Waals surface area contributed by atoms with Gasteiger partial charge in [0.05, 0.1) is 23.3 Å². The van der Waals surface area contributed by atoms with E-state index in [1.807, 2.05) is 31.5 Å². The largest absolute Gasteiger partial charge is 0.433 e. The molecule has 0 saturated carbocycles. The minimum Gasteiger partial charge on any atom is -0.400 e. The topological polar surface area (TPSA) is 78.5 Å². The first-order valence-electron chi connectivity index (χ1n) is 6.86. The van der Waals surface area contributed by atoms with Gasteiger partial charge in [0.25, 0.3) is 0 Å². The maximum absolute atomic E-state index is 10.6. The third-order valence-electron chi connectivity index (χ3n) is 3.74. The summed E-state index contributed by atoms with van der Waals surface area (Å²) in [5.41, 5.74) is 4.15. The van der Waals surface area contributed by atoms with E-state index in [2.05, 4.69) is 11.2 Å². The zero-order valence-electron chi connectivity index (χ0n) is 12.8. The van der Waals surface area contributed by atoms with Crippen molar-refractivity contribution in [3.05, 3.63) is 56.0 Å². The highest BCUT2D eigenvalue weighted by Crippen LogP contribution is 2.22. The van der Waals surface area contributed by atoms with Gasteiger partial charge in [0.15, 0.2) is 5.76 Å². The van der Waals surface area contributed by atoms with Gasteiger partial charge in [-0.05, 0) is 55.4 Å². The van der Waals surface area contributed by atoms with Gasteiger partial charge in [-0.1, -0.05) is 0 Å². The predicted octanol–water partition coefficient (Wildman–Crippen LogP) is 3.71. The summed E-state index contributed by atoms with van der Waals surface area (Å²) in [5.74, 6) is -0.0288. The van der Waals surface area contributed by atoms with Crippen LogP contribution in [0.15, 0.2) is 33.8 Å². The van der Waals surface area contributed by atoms with Gasteiger partial charge in [0.1, 0.15) is 4.92 Å². The molecule has 0 saturated heterocycles. The molecule has 0 fully saturated rings. The molecule has 0 aliphatic rings. The molecule has 7 nitrogen and oxygen atoms in total. The van der Waals surface area contributed by atoms with E-state index >= 15 is 0 Å². The molecule has 3 aromatic rings. The summed E-state index contributed by atoms with van der Waals surface area (Å²) in [5, 5.41) is 15.0. The molecule has 1 aromatic carbocycles. The average Bonchev–Trinajstić information content (AvgIpc) is 3.05.